The van der Waals surface area contributed by atoms with E-state index in [9.17, 15) is 0 Å². The second kappa shape index (κ2) is 13.1. The number of hydrogen-bond acceptors (Lipinski definition) is 3. The number of fused-ring (bicyclic) bond motifs is 1. The van der Waals surface area contributed by atoms with E-state index in [-0.39, 0.29) is 0 Å². The van der Waals surface area contributed by atoms with Crippen LogP contribution in [-0.2, 0) is 0 Å². The van der Waals surface area contributed by atoms with Crippen molar-refractivity contribution in [3.05, 3.63) is 120 Å². The van der Waals surface area contributed by atoms with Gasteiger partial charge in [0.15, 0.2) is 0 Å². The molecular formula is C36H36N2S. The van der Waals surface area contributed by atoms with Gasteiger partial charge < -0.3 is 0 Å². The van der Waals surface area contributed by atoms with Crippen LogP contribution in [0.5, 0.6) is 0 Å². The third-order valence-electron chi connectivity index (χ3n) is 6.84. The summed E-state index contributed by atoms with van der Waals surface area (Å²) < 4.78 is 9.52. The third-order valence-corrected chi connectivity index (χ3v) is 7.36. The van der Waals surface area contributed by atoms with Crippen molar-refractivity contribution in [2.24, 2.45) is 0 Å². The number of benzene rings is 5. The Hall–Kier alpha value is -4.08. The van der Waals surface area contributed by atoms with Crippen LogP contribution in [-0.4, -0.2) is 8.75 Å². The molecular weight excluding hydrogens is 492 g/mol. The summed E-state index contributed by atoms with van der Waals surface area (Å²) >= 11 is 1.29. The number of rotatable bonds is 4. The lowest BCUT2D eigenvalue weighted by Gasteiger charge is -2.16. The van der Waals surface area contributed by atoms with Crippen molar-refractivity contribution < 1.29 is 0 Å². The molecule has 0 fully saturated rings. The van der Waals surface area contributed by atoms with E-state index in [2.05, 4.69) is 111 Å². The molecule has 0 saturated heterocycles. The Balaban J connectivity index is 0.000000845. The molecule has 0 amide bonds. The van der Waals surface area contributed by atoms with Gasteiger partial charge in [-0.1, -0.05) is 137 Å². The molecule has 39 heavy (non-hydrogen) atoms. The molecule has 0 radical (unpaired) electrons. The fraction of sp³-hybridized carbons (Fsp3) is 0.167. The highest BCUT2D eigenvalue weighted by atomic mass is 32.1. The number of aromatic nitrogens is 2. The maximum absolute atomic E-state index is 4.76. The fourth-order valence-electron chi connectivity index (χ4n) is 4.87. The molecule has 5 aromatic carbocycles. The first-order valence-electron chi connectivity index (χ1n) is 13.8. The van der Waals surface area contributed by atoms with Gasteiger partial charge in [-0.3, -0.25) is 0 Å². The molecule has 6 aromatic rings. The van der Waals surface area contributed by atoms with Crippen LogP contribution in [0.1, 0.15) is 38.8 Å². The Labute approximate surface area is 237 Å². The van der Waals surface area contributed by atoms with Crippen molar-refractivity contribution in [3.8, 4) is 44.5 Å². The quantitative estimate of drug-likeness (QED) is 0.227. The van der Waals surface area contributed by atoms with Crippen molar-refractivity contribution in [3.63, 3.8) is 0 Å². The van der Waals surface area contributed by atoms with Crippen LogP contribution in [0.3, 0.4) is 0 Å². The summed E-state index contributed by atoms with van der Waals surface area (Å²) in [5.41, 5.74) is 14.0. The molecule has 0 spiro atoms. The molecule has 3 heteroatoms. The largest absolute Gasteiger partial charge is 0.172 e. The predicted octanol–water partition coefficient (Wildman–Crippen LogP) is 11.0. The van der Waals surface area contributed by atoms with Crippen LogP contribution in [0.4, 0.5) is 0 Å². The lowest BCUT2D eigenvalue weighted by molar-refractivity contribution is 1.35. The van der Waals surface area contributed by atoms with Gasteiger partial charge in [0.25, 0.3) is 0 Å². The predicted molar refractivity (Wildman–Crippen MR) is 171 cm³/mol. The first-order valence-corrected chi connectivity index (χ1v) is 14.5. The van der Waals surface area contributed by atoms with E-state index in [4.69, 9.17) is 8.75 Å². The average molecular weight is 529 g/mol. The van der Waals surface area contributed by atoms with Gasteiger partial charge in [0.05, 0.1) is 11.7 Å². The normalized spacial score (nSPS) is 10.3. The van der Waals surface area contributed by atoms with E-state index < -0.39 is 0 Å². The van der Waals surface area contributed by atoms with E-state index in [0.717, 1.165) is 11.0 Å². The molecule has 0 aliphatic carbocycles. The van der Waals surface area contributed by atoms with Gasteiger partial charge in [-0.2, -0.15) is 8.75 Å². The maximum atomic E-state index is 4.76. The highest BCUT2D eigenvalue weighted by Crippen LogP contribution is 2.41. The van der Waals surface area contributed by atoms with Gasteiger partial charge in [0.1, 0.15) is 11.0 Å². The molecule has 1 heterocycles. The van der Waals surface area contributed by atoms with E-state index in [1.54, 1.807) is 0 Å². The van der Waals surface area contributed by atoms with Crippen LogP contribution in [0.2, 0.25) is 0 Å². The Morgan fingerprint density at radius 3 is 1.00 bits per heavy atom. The van der Waals surface area contributed by atoms with Crippen LogP contribution in [0.15, 0.2) is 109 Å². The Bertz CT molecular complexity index is 1490. The summed E-state index contributed by atoms with van der Waals surface area (Å²) in [6.45, 7) is 12.4. The van der Waals surface area contributed by atoms with Crippen molar-refractivity contribution in [1.82, 2.24) is 8.75 Å². The van der Waals surface area contributed by atoms with Gasteiger partial charge >= 0.3 is 0 Å². The number of nitrogens with zero attached hydrogens (tertiary/aromatic N) is 2. The molecule has 2 nitrogen and oxygen atoms in total. The third kappa shape index (κ3) is 5.69. The van der Waals surface area contributed by atoms with Gasteiger partial charge in [-0.25, -0.2) is 0 Å². The second-order valence-corrected chi connectivity index (χ2v) is 9.38. The minimum atomic E-state index is 0.979. The standard InChI is InChI=1S/C32H24N2S.2C2H6/c1-21-22(2)30(28-19-15-26(16-20-28)24-11-7-4-8-12-24)32-31(33-35-34-32)29(21)27-17-13-25(14-18-27)23-9-5-3-6-10-23;2*1-2/h3-20H,1-2H3;2*1-2H3. The van der Waals surface area contributed by atoms with Crippen molar-refractivity contribution in [2.75, 3.05) is 0 Å². The average Bonchev–Trinajstić information content (AvgIpc) is 3.50. The Morgan fingerprint density at radius 2 is 0.667 bits per heavy atom. The zero-order valence-corrected chi connectivity index (χ0v) is 24.5. The molecule has 196 valence electrons. The van der Waals surface area contributed by atoms with Gasteiger partial charge in [0.2, 0.25) is 0 Å². The molecule has 0 bridgehead atoms. The zero-order chi connectivity index (χ0) is 27.8. The molecule has 0 N–H and O–H groups in total. The zero-order valence-electron chi connectivity index (χ0n) is 23.7. The molecule has 0 aliphatic heterocycles. The van der Waals surface area contributed by atoms with Crippen molar-refractivity contribution >= 4 is 22.8 Å². The topological polar surface area (TPSA) is 25.8 Å². The van der Waals surface area contributed by atoms with Gasteiger partial charge in [-0.15, -0.1) is 0 Å². The summed E-state index contributed by atoms with van der Waals surface area (Å²) in [7, 11) is 0. The maximum Gasteiger partial charge on any atom is 0.113 e. The second-order valence-electron chi connectivity index (χ2n) is 8.85. The lowest BCUT2D eigenvalue weighted by Crippen LogP contribution is -1.95. The van der Waals surface area contributed by atoms with Crippen LogP contribution in [0, 0.1) is 13.8 Å². The lowest BCUT2D eigenvalue weighted by atomic mass is 9.88. The Morgan fingerprint density at radius 1 is 0.385 bits per heavy atom. The fourth-order valence-corrected chi connectivity index (χ4v) is 5.43. The molecule has 0 unspecified atom stereocenters. The molecule has 0 aliphatic rings. The first kappa shape index (κ1) is 27.9. The van der Waals surface area contributed by atoms with E-state index >= 15 is 0 Å². The van der Waals surface area contributed by atoms with Gasteiger partial charge in [-0.05, 0) is 58.4 Å². The first-order chi connectivity index (χ1) is 19.2. The van der Waals surface area contributed by atoms with E-state index in [0.29, 0.717) is 0 Å². The molecule has 0 atom stereocenters. The van der Waals surface area contributed by atoms with E-state index in [1.165, 1.54) is 67.4 Å². The summed E-state index contributed by atoms with van der Waals surface area (Å²) in [6, 6.07) is 38.6. The summed E-state index contributed by atoms with van der Waals surface area (Å²) in [5, 5.41) is 0. The highest BCUT2D eigenvalue weighted by molar-refractivity contribution is 7.00. The molecule has 1 aromatic heterocycles. The molecule has 6 rings (SSSR count). The van der Waals surface area contributed by atoms with Gasteiger partial charge in [0, 0.05) is 11.1 Å². The number of hydrogen-bond donors (Lipinski definition) is 0. The summed E-state index contributed by atoms with van der Waals surface area (Å²) in [5.74, 6) is 0. The highest BCUT2D eigenvalue weighted by Gasteiger charge is 2.20. The SMILES string of the molecule is CC.CC.Cc1c(C)c(-c2ccc(-c3ccccc3)cc2)c2nsnc2c1-c1ccc(-c2ccccc2)cc1. The Kier molecular flexibility index (Phi) is 9.40. The minimum absolute atomic E-state index is 0.979. The smallest absolute Gasteiger partial charge is 0.113 e. The summed E-state index contributed by atoms with van der Waals surface area (Å²) in [6.07, 6.45) is 0. The summed E-state index contributed by atoms with van der Waals surface area (Å²) in [4.78, 5) is 0. The minimum Gasteiger partial charge on any atom is -0.172 e. The monoisotopic (exact) mass is 528 g/mol. The van der Waals surface area contributed by atoms with Crippen molar-refractivity contribution in [1.29, 1.82) is 0 Å². The van der Waals surface area contributed by atoms with Crippen LogP contribution in [0.25, 0.3) is 55.5 Å². The van der Waals surface area contributed by atoms with Crippen LogP contribution >= 0.6 is 11.7 Å². The van der Waals surface area contributed by atoms with Crippen molar-refractivity contribution in [2.45, 2.75) is 41.5 Å². The van der Waals surface area contributed by atoms with Crippen LogP contribution < -0.4 is 0 Å². The molecule has 0 saturated carbocycles. The van der Waals surface area contributed by atoms with E-state index in [1.807, 2.05) is 39.8 Å².